The highest BCUT2D eigenvalue weighted by Gasteiger charge is 2.21. The van der Waals surface area contributed by atoms with Gasteiger partial charge in [0.15, 0.2) is 18.1 Å². The van der Waals surface area contributed by atoms with Gasteiger partial charge in [0.1, 0.15) is 18.5 Å². The Balaban J connectivity index is 1.32. The molecule has 1 N–H and O–H groups in total. The van der Waals surface area contributed by atoms with E-state index in [4.69, 9.17) is 18.9 Å². The van der Waals surface area contributed by atoms with E-state index in [1.54, 1.807) is 7.11 Å². The van der Waals surface area contributed by atoms with E-state index in [9.17, 15) is 9.59 Å². The molecule has 0 aromatic heterocycles. The number of para-hydroxylation sites is 2. The van der Waals surface area contributed by atoms with E-state index >= 15 is 0 Å². The number of carbonyl (C=O) groups excluding carboxylic acids is 2. The summed E-state index contributed by atoms with van der Waals surface area (Å²) in [4.78, 5) is 23.7. The van der Waals surface area contributed by atoms with Gasteiger partial charge in [-0.15, -0.1) is 0 Å². The predicted octanol–water partition coefficient (Wildman–Crippen LogP) is 2.13. The minimum atomic E-state index is -0.419. The van der Waals surface area contributed by atoms with Gasteiger partial charge in [-0.3, -0.25) is 9.59 Å². The van der Waals surface area contributed by atoms with Crippen LogP contribution >= 0.6 is 0 Å². The molecule has 0 radical (unpaired) electrons. The number of amides is 1. The third-order valence-corrected chi connectivity index (χ3v) is 4.24. The van der Waals surface area contributed by atoms with Gasteiger partial charge >= 0.3 is 5.97 Å². The second kappa shape index (κ2) is 9.64. The Hall–Kier alpha value is -3.22. The zero-order valence-electron chi connectivity index (χ0n) is 15.7. The van der Waals surface area contributed by atoms with E-state index in [0.717, 1.165) is 11.3 Å². The Bertz CT molecular complexity index is 805. The molecular weight excluding hydrogens is 362 g/mol. The summed E-state index contributed by atoms with van der Waals surface area (Å²) in [7, 11) is 1.60. The van der Waals surface area contributed by atoms with E-state index in [1.807, 2.05) is 48.5 Å². The number of rotatable bonds is 8. The quantitative estimate of drug-likeness (QED) is 0.701. The fourth-order valence-electron chi connectivity index (χ4n) is 2.70. The maximum atomic E-state index is 11.9. The highest BCUT2D eigenvalue weighted by molar-refractivity contribution is 5.80. The molecule has 2 aromatic rings. The van der Waals surface area contributed by atoms with Gasteiger partial charge in [0.25, 0.3) is 5.91 Å². The SMILES string of the molecule is COc1ccc(CCC(=O)OCC(=O)NC[C@H]2COc3ccccc3O2)cc1. The number of benzene rings is 2. The Kier molecular flexibility index (Phi) is 6.73. The Morgan fingerprint density at radius 3 is 2.61 bits per heavy atom. The van der Waals surface area contributed by atoms with E-state index in [-0.39, 0.29) is 31.6 Å². The molecule has 2 aromatic carbocycles. The first-order chi connectivity index (χ1) is 13.6. The summed E-state index contributed by atoms with van der Waals surface area (Å²) in [6, 6.07) is 14.8. The molecular formula is C21H23NO6. The molecule has 7 nitrogen and oxygen atoms in total. The highest BCUT2D eigenvalue weighted by atomic mass is 16.6. The second-order valence-electron chi connectivity index (χ2n) is 6.31. The summed E-state index contributed by atoms with van der Waals surface area (Å²) >= 11 is 0. The molecule has 28 heavy (non-hydrogen) atoms. The van der Waals surface area contributed by atoms with Crippen molar-refractivity contribution in [2.24, 2.45) is 0 Å². The molecule has 1 heterocycles. The van der Waals surface area contributed by atoms with E-state index in [1.165, 1.54) is 0 Å². The van der Waals surface area contributed by atoms with Crippen molar-refractivity contribution in [2.45, 2.75) is 18.9 Å². The number of hydrogen-bond donors (Lipinski definition) is 1. The fraction of sp³-hybridized carbons (Fsp3) is 0.333. The van der Waals surface area contributed by atoms with Crippen LogP contribution in [0.25, 0.3) is 0 Å². The average molecular weight is 385 g/mol. The van der Waals surface area contributed by atoms with E-state index in [2.05, 4.69) is 5.32 Å². The Morgan fingerprint density at radius 2 is 1.86 bits per heavy atom. The van der Waals surface area contributed by atoms with Gasteiger partial charge in [0.2, 0.25) is 0 Å². The molecule has 1 amide bonds. The van der Waals surface area contributed by atoms with Crippen molar-refractivity contribution in [1.29, 1.82) is 0 Å². The van der Waals surface area contributed by atoms with Gasteiger partial charge in [0, 0.05) is 6.42 Å². The fourth-order valence-corrected chi connectivity index (χ4v) is 2.70. The number of fused-ring (bicyclic) bond motifs is 1. The largest absolute Gasteiger partial charge is 0.497 e. The van der Waals surface area contributed by atoms with Crippen LogP contribution in [0.2, 0.25) is 0 Å². The van der Waals surface area contributed by atoms with Crippen LogP contribution in [0.1, 0.15) is 12.0 Å². The Morgan fingerprint density at radius 1 is 1.11 bits per heavy atom. The number of aryl methyl sites for hydroxylation is 1. The molecule has 1 aliphatic heterocycles. The van der Waals surface area contributed by atoms with Crippen molar-refractivity contribution < 1.29 is 28.5 Å². The molecule has 1 aliphatic rings. The maximum absolute atomic E-state index is 11.9. The van der Waals surface area contributed by atoms with Crippen LogP contribution in [0.4, 0.5) is 0 Å². The summed E-state index contributed by atoms with van der Waals surface area (Å²) < 4.78 is 21.5. The highest BCUT2D eigenvalue weighted by Crippen LogP contribution is 2.30. The molecule has 7 heteroatoms. The zero-order valence-corrected chi connectivity index (χ0v) is 15.7. The van der Waals surface area contributed by atoms with Crippen LogP contribution in [0.5, 0.6) is 17.2 Å². The lowest BCUT2D eigenvalue weighted by molar-refractivity contribution is -0.148. The molecule has 0 aliphatic carbocycles. The molecule has 1 atom stereocenters. The zero-order chi connectivity index (χ0) is 19.8. The lowest BCUT2D eigenvalue weighted by Crippen LogP contribution is -2.42. The van der Waals surface area contributed by atoms with E-state index < -0.39 is 5.97 Å². The van der Waals surface area contributed by atoms with Gasteiger partial charge in [-0.1, -0.05) is 24.3 Å². The van der Waals surface area contributed by atoms with Crippen LogP contribution in [-0.4, -0.2) is 44.8 Å². The number of ether oxygens (including phenoxy) is 4. The van der Waals surface area contributed by atoms with Crippen LogP contribution < -0.4 is 19.5 Å². The summed E-state index contributed by atoms with van der Waals surface area (Å²) in [5, 5.41) is 2.69. The van der Waals surface area contributed by atoms with E-state index in [0.29, 0.717) is 24.5 Å². The minimum absolute atomic E-state index is 0.204. The average Bonchev–Trinajstić information content (AvgIpc) is 2.75. The minimum Gasteiger partial charge on any atom is -0.497 e. The molecule has 0 saturated heterocycles. The number of methoxy groups -OCH3 is 1. The molecule has 148 valence electrons. The van der Waals surface area contributed by atoms with Gasteiger partial charge in [0.05, 0.1) is 13.7 Å². The van der Waals surface area contributed by atoms with Crippen molar-refractivity contribution in [3.8, 4) is 17.2 Å². The summed E-state index contributed by atoms with van der Waals surface area (Å²) in [6.07, 6.45) is 0.456. The van der Waals surface area contributed by atoms with Crippen LogP contribution in [-0.2, 0) is 20.7 Å². The molecule has 0 bridgehead atoms. The summed E-state index contributed by atoms with van der Waals surface area (Å²) in [6.45, 7) is 0.307. The van der Waals surface area contributed by atoms with Gasteiger partial charge in [-0.05, 0) is 36.2 Å². The molecule has 3 rings (SSSR count). The van der Waals surface area contributed by atoms with Crippen molar-refractivity contribution in [1.82, 2.24) is 5.32 Å². The first-order valence-electron chi connectivity index (χ1n) is 9.08. The predicted molar refractivity (Wildman–Crippen MR) is 102 cm³/mol. The lowest BCUT2D eigenvalue weighted by Gasteiger charge is -2.26. The summed E-state index contributed by atoms with van der Waals surface area (Å²) in [5.74, 6) is 1.31. The van der Waals surface area contributed by atoms with Crippen LogP contribution in [0.3, 0.4) is 0 Å². The third-order valence-electron chi connectivity index (χ3n) is 4.24. The Labute approximate surface area is 163 Å². The van der Waals surface area contributed by atoms with Gasteiger partial charge in [-0.25, -0.2) is 0 Å². The number of hydrogen-bond acceptors (Lipinski definition) is 6. The number of nitrogens with one attached hydrogen (secondary N) is 1. The number of esters is 1. The molecule has 0 unspecified atom stereocenters. The first kappa shape index (κ1) is 19.5. The molecule has 0 spiro atoms. The lowest BCUT2D eigenvalue weighted by atomic mass is 10.1. The van der Waals surface area contributed by atoms with Gasteiger partial charge in [-0.2, -0.15) is 0 Å². The smallest absolute Gasteiger partial charge is 0.306 e. The topological polar surface area (TPSA) is 83.1 Å². The van der Waals surface area contributed by atoms with Gasteiger partial charge < -0.3 is 24.3 Å². The first-order valence-corrected chi connectivity index (χ1v) is 9.08. The molecule has 0 saturated carbocycles. The second-order valence-corrected chi connectivity index (χ2v) is 6.31. The van der Waals surface area contributed by atoms with Crippen molar-refractivity contribution in [2.75, 3.05) is 26.9 Å². The standard InChI is InChI=1S/C21H23NO6/c1-25-16-9-6-15(7-10-16)8-11-21(24)27-14-20(23)22-12-17-13-26-18-4-2-3-5-19(18)28-17/h2-7,9-10,17H,8,11-14H2,1H3,(H,22,23)/t17-/m0/s1. The van der Waals surface area contributed by atoms with Crippen molar-refractivity contribution in [3.63, 3.8) is 0 Å². The van der Waals surface area contributed by atoms with Crippen molar-refractivity contribution >= 4 is 11.9 Å². The summed E-state index contributed by atoms with van der Waals surface area (Å²) in [5.41, 5.74) is 0.997. The third kappa shape index (κ3) is 5.64. The van der Waals surface area contributed by atoms with Crippen LogP contribution in [0, 0.1) is 0 Å². The number of carbonyl (C=O) groups is 2. The monoisotopic (exact) mass is 385 g/mol. The normalized spacial score (nSPS) is 14.8. The maximum Gasteiger partial charge on any atom is 0.306 e. The van der Waals surface area contributed by atoms with Crippen LogP contribution in [0.15, 0.2) is 48.5 Å². The van der Waals surface area contributed by atoms with Crippen molar-refractivity contribution in [3.05, 3.63) is 54.1 Å². The molecule has 0 fully saturated rings.